The summed E-state index contributed by atoms with van der Waals surface area (Å²) in [7, 11) is 0. The summed E-state index contributed by atoms with van der Waals surface area (Å²) in [6.45, 7) is -0.983. The van der Waals surface area contributed by atoms with E-state index in [-0.39, 0.29) is 0 Å². The molecule has 0 aromatic carbocycles. The van der Waals surface area contributed by atoms with Gasteiger partial charge in [0.05, 0.1) is 0 Å². The lowest BCUT2D eigenvalue weighted by Crippen LogP contribution is -2.70. The van der Waals surface area contributed by atoms with Crippen molar-refractivity contribution in [1.82, 2.24) is 0 Å². The maximum atomic E-state index is 12.6. The van der Waals surface area contributed by atoms with Crippen LogP contribution >= 0.6 is 0 Å². The summed E-state index contributed by atoms with van der Waals surface area (Å²) in [6, 6.07) is 0. The summed E-state index contributed by atoms with van der Waals surface area (Å²) in [5, 5.41) is 8.24. The molecule has 1 saturated carbocycles. The van der Waals surface area contributed by atoms with Gasteiger partial charge in [0, 0.05) is 12.5 Å². The predicted octanol–water partition coefficient (Wildman–Crippen LogP) is 2.45. The van der Waals surface area contributed by atoms with Crippen molar-refractivity contribution in [3.8, 4) is 0 Å². The molecule has 1 aliphatic carbocycles. The lowest BCUT2D eigenvalue weighted by molar-refractivity contribution is -0.412. The van der Waals surface area contributed by atoms with E-state index < -0.39 is 42.9 Å². The van der Waals surface area contributed by atoms with Gasteiger partial charge >= 0.3 is 18.0 Å². The van der Waals surface area contributed by atoms with Crippen LogP contribution in [0.25, 0.3) is 0 Å². The van der Waals surface area contributed by atoms with Gasteiger partial charge in [-0.25, -0.2) is 0 Å². The zero-order chi connectivity index (χ0) is 12.1. The van der Waals surface area contributed by atoms with Gasteiger partial charge in [0.25, 0.3) is 0 Å². The zero-order valence-electron chi connectivity index (χ0n) is 7.16. The topological polar surface area (TPSA) is 20.2 Å². The number of aliphatic hydroxyl groups excluding tert-OH is 1. The zero-order valence-corrected chi connectivity index (χ0v) is 7.16. The van der Waals surface area contributed by atoms with Crippen LogP contribution in [0.15, 0.2) is 0 Å². The average Bonchev–Trinajstić information content (AvgIpc) is 2.00. The normalized spacial score (nSPS) is 33.6. The quantitative estimate of drug-likeness (QED) is 0.735. The molecule has 1 rings (SSSR count). The SMILES string of the molecule is OCC[C@@H]1[C@H](C(F)(F)F)C(F)(F)C1(F)F. The number of aliphatic hydroxyl groups is 1. The highest BCUT2D eigenvalue weighted by atomic mass is 19.4. The fourth-order valence-corrected chi connectivity index (χ4v) is 1.74. The standard InChI is InChI=1S/C7H7F7O/c8-5(9)3(1-2-15)4(6(5,10)11)7(12,13)14/h3-4,15H,1-2H2/t3-,4+/m1/s1. The third-order valence-electron chi connectivity index (χ3n) is 2.50. The third kappa shape index (κ3) is 1.58. The summed E-state index contributed by atoms with van der Waals surface area (Å²) in [6.07, 6.45) is -6.38. The van der Waals surface area contributed by atoms with Crippen molar-refractivity contribution in [2.24, 2.45) is 11.8 Å². The van der Waals surface area contributed by atoms with E-state index in [1.54, 1.807) is 0 Å². The molecule has 0 aromatic rings. The van der Waals surface area contributed by atoms with Crippen molar-refractivity contribution in [3.63, 3.8) is 0 Å². The van der Waals surface area contributed by atoms with Crippen LogP contribution in [0.3, 0.4) is 0 Å². The second-order valence-corrected chi connectivity index (χ2v) is 3.38. The Bertz CT molecular complexity index is 246. The van der Waals surface area contributed by atoms with Gasteiger partial charge in [0.15, 0.2) is 0 Å². The molecule has 1 N–H and O–H groups in total. The van der Waals surface area contributed by atoms with E-state index in [9.17, 15) is 30.7 Å². The van der Waals surface area contributed by atoms with E-state index in [0.717, 1.165) is 0 Å². The molecule has 15 heavy (non-hydrogen) atoms. The van der Waals surface area contributed by atoms with Gasteiger partial charge in [-0.05, 0) is 6.42 Å². The van der Waals surface area contributed by atoms with E-state index in [4.69, 9.17) is 5.11 Å². The fraction of sp³-hybridized carbons (Fsp3) is 1.00. The third-order valence-corrected chi connectivity index (χ3v) is 2.50. The van der Waals surface area contributed by atoms with Crippen LogP contribution in [0, 0.1) is 11.8 Å². The van der Waals surface area contributed by atoms with Crippen LogP contribution in [0.1, 0.15) is 6.42 Å². The van der Waals surface area contributed by atoms with Gasteiger partial charge in [0.2, 0.25) is 0 Å². The molecule has 1 fully saturated rings. The number of halogens is 7. The Balaban J connectivity index is 2.96. The Kier molecular flexibility index (Phi) is 2.70. The van der Waals surface area contributed by atoms with E-state index >= 15 is 0 Å². The first kappa shape index (κ1) is 12.5. The average molecular weight is 240 g/mol. The molecule has 0 saturated heterocycles. The molecule has 0 radical (unpaired) electrons. The minimum absolute atomic E-state index is 0.983. The number of rotatable bonds is 2. The summed E-state index contributed by atoms with van der Waals surface area (Å²) in [5.74, 6) is -15.7. The lowest BCUT2D eigenvalue weighted by atomic mass is 9.64. The highest BCUT2D eigenvalue weighted by Crippen LogP contribution is 2.65. The molecule has 1 nitrogen and oxygen atoms in total. The van der Waals surface area contributed by atoms with Crippen molar-refractivity contribution in [3.05, 3.63) is 0 Å². The Hall–Kier alpha value is -0.530. The maximum Gasteiger partial charge on any atom is 0.398 e. The molecular weight excluding hydrogens is 233 g/mol. The van der Waals surface area contributed by atoms with Crippen LogP contribution < -0.4 is 0 Å². The second kappa shape index (κ2) is 3.23. The summed E-state index contributed by atoms with van der Waals surface area (Å²) >= 11 is 0. The van der Waals surface area contributed by atoms with E-state index in [1.165, 1.54) is 0 Å². The van der Waals surface area contributed by atoms with Gasteiger partial charge in [0.1, 0.15) is 5.92 Å². The van der Waals surface area contributed by atoms with E-state index in [0.29, 0.717) is 0 Å². The fourth-order valence-electron chi connectivity index (χ4n) is 1.74. The molecule has 1 aliphatic rings. The summed E-state index contributed by atoms with van der Waals surface area (Å²) in [5.41, 5.74) is 0. The minimum Gasteiger partial charge on any atom is -0.396 e. The van der Waals surface area contributed by atoms with Crippen LogP contribution in [0.2, 0.25) is 0 Å². The molecule has 0 aliphatic heterocycles. The van der Waals surface area contributed by atoms with E-state index in [1.807, 2.05) is 0 Å². The maximum absolute atomic E-state index is 12.6. The highest BCUT2D eigenvalue weighted by Gasteiger charge is 2.84. The van der Waals surface area contributed by atoms with Crippen LogP contribution in [-0.4, -0.2) is 29.7 Å². The smallest absolute Gasteiger partial charge is 0.396 e. The molecule has 90 valence electrons. The van der Waals surface area contributed by atoms with Gasteiger partial charge in [-0.3, -0.25) is 0 Å². The van der Waals surface area contributed by atoms with Gasteiger partial charge in [-0.15, -0.1) is 0 Å². The molecule has 0 bridgehead atoms. The number of hydrogen-bond acceptors (Lipinski definition) is 1. The monoisotopic (exact) mass is 240 g/mol. The molecule has 0 aromatic heterocycles. The second-order valence-electron chi connectivity index (χ2n) is 3.38. The lowest BCUT2D eigenvalue weighted by Gasteiger charge is -2.51. The summed E-state index contributed by atoms with van der Waals surface area (Å²) < 4.78 is 86.2. The largest absolute Gasteiger partial charge is 0.398 e. The minimum atomic E-state index is -5.38. The van der Waals surface area contributed by atoms with Gasteiger partial charge < -0.3 is 5.11 Å². The molecule has 2 atom stereocenters. The van der Waals surface area contributed by atoms with Gasteiger partial charge in [-0.2, -0.15) is 30.7 Å². The Morgan fingerprint density at radius 2 is 1.47 bits per heavy atom. The Labute approximate surface area is 79.9 Å². The van der Waals surface area contributed by atoms with Crippen LogP contribution in [0.4, 0.5) is 30.7 Å². The number of hydrogen-bond donors (Lipinski definition) is 1. The predicted molar refractivity (Wildman–Crippen MR) is 34.6 cm³/mol. The first-order chi connectivity index (χ1) is 6.56. The van der Waals surface area contributed by atoms with Crippen LogP contribution in [-0.2, 0) is 0 Å². The van der Waals surface area contributed by atoms with Crippen LogP contribution in [0.5, 0.6) is 0 Å². The Morgan fingerprint density at radius 1 is 1.00 bits per heavy atom. The summed E-state index contributed by atoms with van der Waals surface area (Å²) in [4.78, 5) is 0. The van der Waals surface area contributed by atoms with Crippen molar-refractivity contribution in [1.29, 1.82) is 0 Å². The highest BCUT2D eigenvalue weighted by molar-refractivity contribution is 5.12. The molecule has 0 unspecified atom stereocenters. The van der Waals surface area contributed by atoms with Crippen molar-refractivity contribution in [2.45, 2.75) is 24.4 Å². The first-order valence-corrected chi connectivity index (χ1v) is 4.00. The Morgan fingerprint density at radius 3 is 1.80 bits per heavy atom. The number of alkyl halides is 7. The van der Waals surface area contributed by atoms with Crippen molar-refractivity contribution >= 4 is 0 Å². The van der Waals surface area contributed by atoms with Gasteiger partial charge in [-0.1, -0.05) is 0 Å². The molecule has 0 spiro atoms. The molecule has 0 heterocycles. The van der Waals surface area contributed by atoms with Crippen molar-refractivity contribution in [2.75, 3.05) is 6.61 Å². The first-order valence-electron chi connectivity index (χ1n) is 4.00. The molecular formula is C7H7F7O. The molecule has 8 heteroatoms. The van der Waals surface area contributed by atoms with E-state index in [2.05, 4.69) is 0 Å². The van der Waals surface area contributed by atoms with Crippen molar-refractivity contribution < 1.29 is 35.8 Å². The molecule has 0 amide bonds.